The smallest absolute Gasteiger partial charge is 0.0892 e. The molecule has 2 atom stereocenters. The van der Waals surface area contributed by atoms with E-state index in [1.807, 2.05) is 31.3 Å². The quantitative estimate of drug-likeness (QED) is 0.836. The van der Waals surface area contributed by atoms with Crippen molar-refractivity contribution in [1.82, 2.24) is 19.8 Å². The lowest BCUT2D eigenvalue weighted by molar-refractivity contribution is 0.0439. The average molecular weight is 338 g/mol. The number of fused-ring (bicyclic) bond motifs is 1. The zero-order chi connectivity index (χ0) is 17.1. The molecule has 5 heteroatoms. The first-order valence-electron chi connectivity index (χ1n) is 9.17. The van der Waals surface area contributed by atoms with Crippen molar-refractivity contribution >= 4 is 0 Å². The minimum atomic E-state index is 0.321. The molecular weight excluding hydrogens is 312 g/mol. The Balaban J connectivity index is 1.28. The lowest BCUT2D eigenvalue weighted by Crippen LogP contribution is -2.49. The van der Waals surface area contributed by atoms with E-state index in [0.29, 0.717) is 18.8 Å². The van der Waals surface area contributed by atoms with Gasteiger partial charge in [-0.05, 0) is 37.6 Å². The molecule has 0 unspecified atom stereocenters. The highest BCUT2D eigenvalue weighted by Gasteiger charge is 2.36. The second kappa shape index (κ2) is 7.60. The van der Waals surface area contributed by atoms with Gasteiger partial charge in [0.25, 0.3) is 0 Å². The molecule has 5 nitrogen and oxygen atoms in total. The van der Waals surface area contributed by atoms with E-state index in [1.165, 1.54) is 0 Å². The summed E-state index contributed by atoms with van der Waals surface area (Å²) in [6.07, 6.45) is 3.32. The average Bonchev–Trinajstić information content (AvgIpc) is 3.03. The second-order valence-electron chi connectivity index (χ2n) is 7.14. The van der Waals surface area contributed by atoms with Crippen molar-refractivity contribution in [2.24, 2.45) is 0 Å². The highest BCUT2D eigenvalue weighted by Crippen LogP contribution is 2.25. The zero-order valence-electron chi connectivity index (χ0n) is 14.8. The van der Waals surface area contributed by atoms with Crippen molar-refractivity contribution in [2.45, 2.75) is 38.6 Å². The molecule has 2 saturated heterocycles. The van der Waals surface area contributed by atoms with Crippen LogP contribution in [0.25, 0.3) is 0 Å². The lowest BCUT2D eigenvalue weighted by atomic mass is 10.1. The third kappa shape index (κ3) is 4.24. The van der Waals surface area contributed by atoms with Crippen LogP contribution in [0.5, 0.6) is 0 Å². The molecule has 4 heterocycles. The summed E-state index contributed by atoms with van der Waals surface area (Å²) in [5, 5.41) is 0. The van der Waals surface area contributed by atoms with Crippen LogP contribution < -0.4 is 0 Å². The van der Waals surface area contributed by atoms with E-state index in [4.69, 9.17) is 4.74 Å². The number of ether oxygens (including phenoxy) is 1. The van der Waals surface area contributed by atoms with Crippen molar-refractivity contribution in [3.05, 3.63) is 59.7 Å². The van der Waals surface area contributed by atoms with Crippen LogP contribution in [0.15, 0.2) is 42.6 Å². The van der Waals surface area contributed by atoms with Gasteiger partial charge in [-0.1, -0.05) is 12.1 Å². The van der Waals surface area contributed by atoms with E-state index in [9.17, 15) is 0 Å². The van der Waals surface area contributed by atoms with Gasteiger partial charge in [-0.15, -0.1) is 0 Å². The molecule has 0 saturated carbocycles. The monoisotopic (exact) mass is 338 g/mol. The van der Waals surface area contributed by atoms with Gasteiger partial charge < -0.3 is 4.74 Å². The number of hydrogen-bond donors (Lipinski definition) is 0. The van der Waals surface area contributed by atoms with Crippen molar-refractivity contribution in [1.29, 1.82) is 0 Å². The molecular formula is C20H26N4O. The molecule has 2 aliphatic rings. The molecule has 0 N–H and O–H groups in total. The maximum absolute atomic E-state index is 6.15. The Morgan fingerprint density at radius 1 is 1.08 bits per heavy atom. The fourth-order valence-electron chi connectivity index (χ4n) is 3.93. The van der Waals surface area contributed by atoms with Crippen molar-refractivity contribution < 1.29 is 4.74 Å². The summed E-state index contributed by atoms with van der Waals surface area (Å²) in [7, 11) is 0. The van der Waals surface area contributed by atoms with Crippen LogP contribution in [0.4, 0.5) is 0 Å². The summed E-state index contributed by atoms with van der Waals surface area (Å²) >= 11 is 0. The van der Waals surface area contributed by atoms with Gasteiger partial charge in [0, 0.05) is 50.7 Å². The first-order valence-corrected chi connectivity index (χ1v) is 9.17. The molecule has 132 valence electrons. The number of piperazine rings is 1. The van der Waals surface area contributed by atoms with Crippen molar-refractivity contribution in [3.8, 4) is 0 Å². The highest BCUT2D eigenvalue weighted by molar-refractivity contribution is 5.09. The van der Waals surface area contributed by atoms with Gasteiger partial charge in [-0.3, -0.25) is 19.8 Å². The highest BCUT2D eigenvalue weighted by atomic mass is 16.5. The molecule has 0 radical (unpaired) electrons. The molecule has 0 amide bonds. The largest absolute Gasteiger partial charge is 0.371 e. The van der Waals surface area contributed by atoms with E-state index >= 15 is 0 Å². The van der Waals surface area contributed by atoms with E-state index in [2.05, 4.69) is 38.0 Å². The first kappa shape index (κ1) is 16.6. The molecule has 0 aromatic carbocycles. The number of rotatable bonds is 5. The molecule has 0 bridgehead atoms. The molecule has 4 rings (SSSR count). The van der Waals surface area contributed by atoms with Gasteiger partial charge in [-0.25, -0.2) is 0 Å². The van der Waals surface area contributed by atoms with Gasteiger partial charge in [-0.2, -0.15) is 0 Å². The second-order valence-corrected chi connectivity index (χ2v) is 7.14. The molecule has 2 fully saturated rings. The fourth-order valence-corrected chi connectivity index (χ4v) is 3.93. The van der Waals surface area contributed by atoms with Gasteiger partial charge >= 0.3 is 0 Å². The van der Waals surface area contributed by atoms with Gasteiger partial charge in [0.1, 0.15) is 0 Å². The number of aromatic nitrogens is 2. The minimum absolute atomic E-state index is 0.321. The zero-order valence-corrected chi connectivity index (χ0v) is 14.8. The molecule has 2 aromatic rings. The number of aryl methyl sites for hydroxylation is 1. The van der Waals surface area contributed by atoms with E-state index < -0.39 is 0 Å². The molecule has 0 spiro atoms. The Morgan fingerprint density at radius 2 is 2.00 bits per heavy atom. The number of pyridine rings is 2. The Morgan fingerprint density at radius 3 is 2.84 bits per heavy atom. The Hall–Kier alpha value is -1.82. The summed E-state index contributed by atoms with van der Waals surface area (Å²) < 4.78 is 6.15. The summed E-state index contributed by atoms with van der Waals surface area (Å²) in [5.74, 6) is 0. The molecule has 2 aliphatic heterocycles. The van der Waals surface area contributed by atoms with Crippen LogP contribution in [-0.2, 0) is 17.9 Å². The maximum Gasteiger partial charge on any atom is 0.0892 e. The van der Waals surface area contributed by atoms with Crippen molar-refractivity contribution in [2.75, 3.05) is 26.2 Å². The lowest BCUT2D eigenvalue weighted by Gasteiger charge is -2.37. The Kier molecular flexibility index (Phi) is 5.06. The maximum atomic E-state index is 6.15. The molecule has 25 heavy (non-hydrogen) atoms. The van der Waals surface area contributed by atoms with Gasteiger partial charge in [0.15, 0.2) is 0 Å². The third-order valence-corrected chi connectivity index (χ3v) is 5.19. The Labute approximate surface area is 149 Å². The summed E-state index contributed by atoms with van der Waals surface area (Å²) in [5.41, 5.74) is 3.24. The van der Waals surface area contributed by atoms with Crippen LogP contribution in [0.2, 0.25) is 0 Å². The molecule has 2 aromatic heterocycles. The van der Waals surface area contributed by atoms with E-state index in [-0.39, 0.29) is 0 Å². The number of nitrogens with zero attached hydrogens (tertiary/aromatic N) is 4. The molecule has 0 aliphatic carbocycles. The first-order chi connectivity index (χ1) is 12.3. The van der Waals surface area contributed by atoms with Crippen LogP contribution in [0.1, 0.15) is 23.5 Å². The fraction of sp³-hybridized carbons (Fsp3) is 0.500. The third-order valence-electron chi connectivity index (χ3n) is 5.19. The summed E-state index contributed by atoms with van der Waals surface area (Å²) in [6, 6.07) is 12.9. The summed E-state index contributed by atoms with van der Waals surface area (Å²) in [6.45, 7) is 7.98. The van der Waals surface area contributed by atoms with Crippen molar-refractivity contribution in [3.63, 3.8) is 0 Å². The summed E-state index contributed by atoms with van der Waals surface area (Å²) in [4.78, 5) is 14.1. The minimum Gasteiger partial charge on any atom is -0.371 e. The topological polar surface area (TPSA) is 41.5 Å². The Bertz CT molecular complexity index is 693. The van der Waals surface area contributed by atoms with Crippen LogP contribution in [0, 0.1) is 6.92 Å². The van der Waals surface area contributed by atoms with E-state index in [0.717, 1.165) is 56.2 Å². The predicted molar refractivity (Wildman–Crippen MR) is 97.0 cm³/mol. The normalized spacial score (nSPS) is 24.4. The standard InChI is InChI=1S/C20H26N4O/c1-16-5-4-7-18(22-16)15-25-20-11-19-13-23(9-10-24(19)14-20)12-17-6-2-3-8-21-17/h2-8,19-20H,9-15H2,1H3/t19-,20+/m0/s1. The van der Waals surface area contributed by atoms with Gasteiger partial charge in [0.2, 0.25) is 0 Å². The SMILES string of the molecule is Cc1cccc(CO[C@@H]2C[C@H]3CN(Cc4ccccn4)CCN3C2)n1. The number of hydrogen-bond acceptors (Lipinski definition) is 5. The predicted octanol–water partition coefficient (Wildman–Crippen LogP) is 2.26. The van der Waals surface area contributed by atoms with E-state index in [1.54, 1.807) is 0 Å². The van der Waals surface area contributed by atoms with Crippen LogP contribution >= 0.6 is 0 Å². The van der Waals surface area contributed by atoms with Crippen LogP contribution in [-0.4, -0.2) is 58.1 Å². The van der Waals surface area contributed by atoms with Crippen LogP contribution in [0.3, 0.4) is 0 Å². The van der Waals surface area contributed by atoms with Gasteiger partial charge in [0.05, 0.1) is 24.1 Å².